The molecule has 28 heavy (non-hydrogen) atoms. The molecule has 1 N–H and O–H groups in total. The maximum absolute atomic E-state index is 12.6. The smallest absolute Gasteiger partial charge is 0.254 e. The van der Waals surface area contributed by atoms with E-state index in [1.54, 1.807) is 31.3 Å². The molecule has 0 saturated heterocycles. The fourth-order valence-electron chi connectivity index (χ4n) is 2.64. The second kappa shape index (κ2) is 8.86. The lowest BCUT2D eigenvalue weighted by molar-refractivity contribution is -0.116. The van der Waals surface area contributed by atoms with E-state index < -0.39 is 0 Å². The molecule has 0 heterocycles. The lowest BCUT2D eigenvalue weighted by Gasteiger charge is -2.17. The molecule has 0 aromatic heterocycles. The van der Waals surface area contributed by atoms with Crippen LogP contribution in [0.5, 0.6) is 11.5 Å². The Bertz CT molecular complexity index is 936. The van der Waals surface area contributed by atoms with E-state index in [4.69, 9.17) is 4.74 Å². The van der Waals surface area contributed by atoms with Crippen molar-refractivity contribution in [1.29, 1.82) is 0 Å². The maximum atomic E-state index is 12.6. The zero-order chi connectivity index (χ0) is 19.9. The average Bonchev–Trinajstić information content (AvgIpc) is 2.70. The minimum atomic E-state index is -0.247. The number of anilines is 1. The number of carbonyl (C=O) groups excluding carboxylic acids is 2. The molecule has 0 spiro atoms. The molecule has 3 rings (SSSR count). The summed E-state index contributed by atoms with van der Waals surface area (Å²) in [7, 11) is 1.60. The van der Waals surface area contributed by atoms with E-state index in [2.05, 4.69) is 5.32 Å². The molecule has 5 nitrogen and oxygen atoms in total. The Morgan fingerprint density at radius 1 is 0.857 bits per heavy atom. The van der Waals surface area contributed by atoms with Gasteiger partial charge in [0.1, 0.15) is 11.5 Å². The summed E-state index contributed by atoms with van der Waals surface area (Å²) in [6, 6.07) is 23.8. The summed E-state index contributed by atoms with van der Waals surface area (Å²) in [4.78, 5) is 26.1. The van der Waals surface area contributed by atoms with Crippen molar-refractivity contribution >= 4 is 17.5 Å². The van der Waals surface area contributed by atoms with Crippen LogP contribution in [0.25, 0.3) is 0 Å². The van der Waals surface area contributed by atoms with E-state index in [0.717, 1.165) is 11.3 Å². The second-order valence-electron chi connectivity index (χ2n) is 6.51. The van der Waals surface area contributed by atoms with Crippen LogP contribution < -0.4 is 10.1 Å². The Morgan fingerprint density at radius 2 is 1.46 bits per heavy atom. The van der Waals surface area contributed by atoms with Gasteiger partial charge in [0.25, 0.3) is 5.91 Å². The number of carbonyl (C=O) groups is 2. The molecule has 0 aliphatic rings. The van der Waals surface area contributed by atoms with Crippen LogP contribution in [0.2, 0.25) is 0 Å². The van der Waals surface area contributed by atoms with Gasteiger partial charge in [-0.25, -0.2) is 0 Å². The third kappa shape index (κ3) is 5.20. The van der Waals surface area contributed by atoms with Gasteiger partial charge in [-0.3, -0.25) is 9.59 Å². The van der Waals surface area contributed by atoms with Crippen LogP contribution in [0, 0.1) is 6.92 Å². The number of nitrogens with one attached hydrogen (secondary N) is 1. The lowest BCUT2D eigenvalue weighted by Crippen LogP contribution is -2.34. The highest BCUT2D eigenvalue weighted by molar-refractivity contribution is 5.99. The van der Waals surface area contributed by atoms with Gasteiger partial charge in [-0.1, -0.05) is 35.9 Å². The Hall–Kier alpha value is -3.60. The number of likely N-dealkylation sites (N-methyl/N-ethyl adjacent to an activating group) is 1. The summed E-state index contributed by atoms with van der Waals surface area (Å²) >= 11 is 0. The van der Waals surface area contributed by atoms with Crippen LogP contribution in [0.1, 0.15) is 15.9 Å². The highest BCUT2D eigenvalue weighted by atomic mass is 16.5. The predicted molar refractivity (Wildman–Crippen MR) is 110 cm³/mol. The topological polar surface area (TPSA) is 58.6 Å². The first-order valence-electron chi connectivity index (χ1n) is 8.96. The molecule has 5 heteroatoms. The summed E-state index contributed by atoms with van der Waals surface area (Å²) in [6.45, 7) is 1.95. The van der Waals surface area contributed by atoms with Crippen LogP contribution in [0.4, 0.5) is 5.69 Å². The number of amides is 2. The minimum Gasteiger partial charge on any atom is -0.457 e. The fraction of sp³-hybridized carbons (Fsp3) is 0.130. The summed E-state index contributed by atoms with van der Waals surface area (Å²) in [5, 5.41) is 2.79. The van der Waals surface area contributed by atoms with E-state index in [1.807, 2.05) is 61.5 Å². The van der Waals surface area contributed by atoms with Crippen molar-refractivity contribution in [1.82, 2.24) is 4.90 Å². The molecule has 0 aliphatic heterocycles. The van der Waals surface area contributed by atoms with Crippen LogP contribution in [-0.2, 0) is 4.79 Å². The molecule has 0 bridgehead atoms. The number of aryl methyl sites for hydroxylation is 1. The van der Waals surface area contributed by atoms with Gasteiger partial charge in [-0.2, -0.15) is 0 Å². The van der Waals surface area contributed by atoms with E-state index >= 15 is 0 Å². The molecule has 0 unspecified atom stereocenters. The van der Waals surface area contributed by atoms with Crippen molar-refractivity contribution in [3.63, 3.8) is 0 Å². The Morgan fingerprint density at radius 3 is 2.11 bits per heavy atom. The molecule has 0 radical (unpaired) electrons. The zero-order valence-electron chi connectivity index (χ0n) is 15.9. The minimum absolute atomic E-state index is 0.0328. The second-order valence-corrected chi connectivity index (χ2v) is 6.51. The largest absolute Gasteiger partial charge is 0.457 e. The molecule has 0 fully saturated rings. The number of rotatable bonds is 6. The fourth-order valence-corrected chi connectivity index (χ4v) is 2.64. The van der Waals surface area contributed by atoms with Crippen LogP contribution >= 0.6 is 0 Å². The molecule has 142 valence electrons. The quantitative estimate of drug-likeness (QED) is 0.691. The van der Waals surface area contributed by atoms with Crippen molar-refractivity contribution in [3.8, 4) is 11.5 Å². The molecule has 0 saturated carbocycles. The van der Waals surface area contributed by atoms with Crippen LogP contribution in [0.15, 0.2) is 78.9 Å². The Kier molecular flexibility index (Phi) is 6.07. The number of ether oxygens (including phenoxy) is 1. The monoisotopic (exact) mass is 374 g/mol. The number of hydrogen-bond acceptors (Lipinski definition) is 3. The first-order valence-corrected chi connectivity index (χ1v) is 8.96. The summed E-state index contributed by atoms with van der Waals surface area (Å²) in [6.07, 6.45) is 0. The molecule has 3 aromatic rings. The van der Waals surface area contributed by atoms with Gasteiger partial charge >= 0.3 is 0 Å². The third-order valence-corrected chi connectivity index (χ3v) is 4.14. The highest BCUT2D eigenvalue weighted by Crippen LogP contribution is 2.21. The van der Waals surface area contributed by atoms with E-state index in [9.17, 15) is 9.59 Å². The molecule has 0 atom stereocenters. The average molecular weight is 374 g/mol. The number of benzene rings is 3. The van der Waals surface area contributed by atoms with Crippen LogP contribution in [0.3, 0.4) is 0 Å². The summed E-state index contributed by atoms with van der Waals surface area (Å²) in [5.41, 5.74) is 2.31. The van der Waals surface area contributed by atoms with E-state index in [0.29, 0.717) is 17.0 Å². The van der Waals surface area contributed by atoms with E-state index in [1.165, 1.54) is 4.90 Å². The number of nitrogens with zero attached hydrogens (tertiary/aromatic N) is 1. The summed E-state index contributed by atoms with van der Waals surface area (Å²) < 4.78 is 5.72. The van der Waals surface area contributed by atoms with Crippen LogP contribution in [-0.4, -0.2) is 30.3 Å². The SMILES string of the molecule is Cc1ccc(NC(=O)CN(C)C(=O)c2ccc(Oc3ccccc3)cc2)cc1. The normalized spacial score (nSPS) is 10.2. The van der Waals surface area contributed by atoms with Crippen molar-refractivity contribution in [2.45, 2.75) is 6.92 Å². The van der Waals surface area contributed by atoms with Crippen molar-refractivity contribution in [3.05, 3.63) is 90.0 Å². The molecule has 2 amide bonds. The van der Waals surface area contributed by atoms with Gasteiger partial charge in [0.05, 0.1) is 6.54 Å². The maximum Gasteiger partial charge on any atom is 0.254 e. The standard InChI is InChI=1S/C23H22N2O3/c1-17-8-12-19(13-9-17)24-22(26)16-25(2)23(27)18-10-14-21(15-11-18)28-20-6-4-3-5-7-20/h3-15H,16H2,1-2H3,(H,24,26). The number of hydrogen-bond donors (Lipinski definition) is 1. The molecule has 0 aliphatic carbocycles. The Labute approximate surface area is 164 Å². The predicted octanol–water partition coefficient (Wildman–Crippen LogP) is 4.50. The van der Waals surface area contributed by atoms with Gasteiger partial charge < -0.3 is 15.0 Å². The van der Waals surface area contributed by atoms with Crippen molar-refractivity contribution in [2.75, 3.05) is 18.9 Å². The van der Waals surface area contributed by atoms with E-state index in [-0.39, 0.29) is 18.4 Å². The first kappa shape index (κ1) is 19.2. The third-order valence-electron chi connectivity index (χ3n) is 4.14. The Balaban J connectivity index is 1.56. The summed E-state index contributed by atoms with van der Waals surface area (Å²) in [5.74, 6) is 0.892. The lowest BCUT2D eigenvalue weighted by atomic mass is 10.2. The first-order chi connectivity index (χ1) is 13.5. The van der Waals surface area contributed by atoms with Gasteiger partial charge in [-0.05, 0) is 55.5 Å². The zero-order valence-corrected chi connectivity index (χ0v) is 15.9. The van der Waals surface area contributed by atoms with Crippen molar-refractivity contribution in [2.24, 2.45) is 0 Å². The molecular formula is C23H22N2O3. The van der Waals surface area contributed by atoms with Gasteiger partial charge in [0, 0.05) is 18.3 Å². The van der Waals surface area contributed by atoms with Gasteiger partial charge in [0.2, 0.25) is 5.91 Å². The van der Waals surface area contributed by atoms with Gasteiger partial charge in [-0.15, -0.1) is 0 Å². The molecular weight excluding hydrogens is 352 g/mol. The van der Waals surface area contributed by atoms with Crippen molar-refractivity contribution < 1.29 is 14.3 Å². The number of para-hydroxylation sites is 1. The molecule has 3 aromatic carbocycles. The van der Waals surface area contributed by atoms with Gasteiger partial charge in [0.15, 0.2) is 0 Å². The highest BCUT2D eigenvalue weighted by Gasteiger charge is 2.15.